The third-order valence-corrected chi connectivity index (χ3v) is 1.61. The second-order valence-corrected chi connectivity index (χ2v) is 3.17. The minimum atomic E-state index is 0.334. The van der Waals surface area contributed by atoms with Crippen LogP contribution in [0.15, 0.2) is 12.4 Å². The molecule has 2 heterocycles. The van der Waals surface area contributed by atoms with Crippen molar-refractivity contribution in [3.63, 3.8) is 0 Å². The van der Waals surface area contributed by atoms with Crippen molar-refractivity contribution in [3.8, 4) is 0 Å². The lowest BCUT2D eigenvalue weighted by molar-refractivity contribution is 0.876. The molecule has 0 spiro atoms. The zero-order valence-corrected chi connectivity index (χ0v) is 7.57. The van der Waals surface area contributed by atoms with E-state index in [1.165, 1.54) is 0 Å². The van der Waals surface area contributed by atoms with Gasteiger partial charge in [0.2, 0.25) is 5.95 Å². The van der Waals surface area contributed by atoms with Crippen LogP contribution in [0.4, 0.5) is 5.95 Å². The predicted octanol–water partition coefficient (Wildman–Crippen LogP) is 1.17. The van der Waals surface area contributed by atoms with Crippen molar-refractivity contribution < 1.29 is 0 Å². The number of rotatable bonds is 2. The first-order valence-corrected chi connectivity index (χ1v) is 4.18. The lowest BCUT2D eigenvalue weighted by Gasteiger charge is -2.06. The quantitative estimate of drug-likeness (QED) is 0.722. The Kier molecular flexibility index (Phi) is 1.84. The van der Waals surface area contributed by atoms with Crippen LogP contribution in [0.1, 0.15) is 13.8 Å². The van der Waals surface area contributed by atoms with E-state index in [9.17, 15) is 0 Å². The summed E-state index contributed by atoms with van der Waals surface area (Å²) in [6, 6.07) is 0.334. The summed E-state index contributed by atoms with van der Waals surface area (Å²) in [4.78, 5) is 8.37. The summed E-state index contributed by atoms with van der Waals surface area (Å²) in [5, 5.41) is 10.7. The Bertz CT molecular complexity index is 406. The highest BCUT2D eigenvalue weighted by Gasteiger charge is 2.01. The van der Waals surface area contributed by atoms with Crippen molar-refractivity contribution in [1.82, 2.24) is 20.2 Å². The van der Waals surface area contributed by atoms with Crippen molar-refractivity contribution in [2.75, 3.05) is 5.32 Å². The van der Waals surface area contributed by atoms with Crippen LogP contribution in [-0.2, 0) is 0 Å². The van der Waals surface area contributed by atoms with E-state index in [-0.39, 0.29) is 0 Å². The summed E-state index contributed by atoms with van der Waals surface area (Å²) in [5.74, 6) is 0.631. The van der Waals surface area contributed by atoms with Gasteiger partial charge >= 0.3 is 0 Å². The summed E-state index contributed by atoms with van der Waals surface area (Å²) in [5.41, 5.74) is 0.762. The average molecular weight is 177 g/mol. The number of hydrogen-bond acceptors (Lipinski definition) is 4. The van der Waals surface area contributed by atoms with Crippen LogP contribution < -0.4 is 5.32 Å². The highest BCUT2D eigenvalue weighted by atomic mass is 15.2. The number of aromatic amines is 1. The van der Waals surface area contributed by atoms with Crippen molar-refractivity contribution >= 4 is 17.0 Å². The van der Waals surface area contributed by atoms with Gasteiger partial charge < -0.3 is 5.32 Å². The van der Waals surface area contributed by atoms with Gasteiger partial charge in [0, 0.05) is 12.2 Å². The monoisotopic (exact) mass is 177 g/mol. The van der Waals surface area contributed by atoms with E-state index in [4.69, 9.17) is 0 Å². The number of hydrogen-bond donors (Lipinski definition) is 2. The fourth-order valence-electron chi connectivity index (χ4n) is 1.07. The number of anilines is 1. The van der Waals surface area contributed by atoms with E-state index in [0.29, 0.717) is 12.0 Å². The minimum absolute atomic E-state index is 0.334. The van der Waals surface area contributed by atoms with E-state index >= 15 is 0 Å². The molecule has 5 nitrogen and oxygen atoms in total. The second kappa shape index (κ2) is 3.01. The molecule has 13 heavy (non-hydrogen) atoms. The fraction of sp³-hybridized carbons (Fsp3) is 0.375. The van der Waals surface area contributed by atoms with Crippen LogP contribution in [0.25, 0.3) is 11.0 Å². The molecule has 0 amide bonds. The Hall–Kier alpha value is -1.65. The Balaban J connectivity index is 2.37. The summed E-state index contributed by atoms with van der Waals surface area (Å²) >= 11 is 0. The van der Waals surface area contributed by atoms with Gasteiger partial charge in [-0.3, -0.25) is 5.10 Å². The van der Waals surface area contributed by atoms with Crippen LogP contribution in [0.2, 0.25) is 0 Å². The highest BCUT2D eigenvalue weighted by Crippen LogP contribution is 2.08. The van der Waals surface area contributed by atoms with Crippen molar-refractivity contribution in [3.05, 3.63) is 12.4 Å². The van der Waals surface area contributed by atoms with Crippen LogP contribution in [0.5, 0.6) is 0 Å². The van der Waals surface area contributed by atoms with Gasteiger partial charge in [-0.1, -0.05) is 0 Å². The molecule has 0 aromatic carbocycles. The van der Waals surface area contributed by atoms with Crippen LogP contribution in [0.3, 0.4) is 0 Å². The first kappa shape index (κ1) is 7.97. The molecule has 0 radical (unpaired) electrons. The Morgan fingerprint density at radius 2 is 2.23 bits per heavy atom. The maximum absolute atomic E-state index is 4.24. The molecule has 0 fully saturated rings. The topological polar surface area (TPSA) is 66.5 Å². The number of H-pyrrole nitrogens is 1. The van der Waals surface area contributed by atoms with Crippen LogP contribution in [-0.4, -0.2) is 26.2 Å². The van der Waals surface area contributed by atoms with Gasteiger partial charge in [-0.25, -0.2) is 4.98 Å². The SMILES string of the molecule is CC(C)Nc1ncc2cn[nH]c2n1. The Morgan fingerprint density at radius 3 is 3.00 bits per heavy atom. The van der Waals surface area contributed by atoms with Gasteiger partial charge in [-0.15, -0.1) is 0 Å². The Morgan fingerprint density at radius 1 is 1.38 bits per heavy atom. The number of fused-ring (bicyclic) bond motifs is 1. The molecule has 2 N–H and O–H groups in total. The lowest BCUT2D eigenvalue weighted by atomic mass is 10.4. The molecule has 5 heteroatoms. The van der Waals surface area contributed by atoms with Gasteiger partial charge in [-0.05, 0) is 13.8 Å². The van der Waals surface area contributed by atoms with Gasteiger partial charge in [0.15, 0.2) is 5.65 Å². The number of nitrogens with one attached hydrogen (secondary N) is 2. The molecule has 0 aliphatic carbocycles. The molecular formula is C8H11N5. The molecule has 2 rings (SSSR count). The zero-order valence-electron chi connectivity index (χ0n) is 7.57. The zero-order chi connectivity index (χ0) is 9.26. The third-order valence-electron chi connectivity index (χ3n) is 1.61. The van der Waals surface area contributed by atoms with Gasteiger partial charge in [0.05, 0.1) is 11.6 Å². The number of aromatic nitrogens is 4. The Labute approximate surface area is 75.6 Å². The summed E-state index contributed by atoms with van der Waals surface area (Å²) < 4.78 is 0. The normalized spacial score (nSPS) is 11.0. The van der Waals surface area contributed by atoms with Gasteiger partial charge in [-0.2, -0.15) is 10.1 Å². The maximum Gasteiger partial charge on any atom is 0.224 e. The standard InChI is InChI=1S/C8H11N5/c1-5(2)11-8-9-3-6-4-10-13-7(6)12-8/h3-5H,1-2H3,(H2,9,10,11,12,13). The van der Waals surface area contributed by atoms with Crippen molar-refractivity contribution in [2.24, 2.45) is 0 Å². The van der Waals surface area contributed by atoms with E-state index in [0.717, 1.165) is 11.0 Å². The van der Waals surface area contributed by atoms with E-state index < -0.39 is 0 Å². The maximum atomic E-state index is 4.24. The first-order chi connectivity index (χ1) is 6.25. The van der Waals surface area contributed by atoms with Crippen molar-refractivity contribution in [2.45, 2.75) is 19.9 Å². The lowest BCUT2D eigenvalue weighted by Crippen LogP contribution is -2.12. The molecule has 0 atom stereocenters. The number of nitrogens with zero attached hydrogens (tertiary/aromatic N) is 3. The van der Waals surface area contributed by atoms with Crippen LogP contribution in [0, 0.1) is 0 Å². The van der Waals surface area contributed by atoms with Crippen molar-refractivity contribution in [1.29, 1.82) is 0 Å². The molecule has 0 bridgehead atoms. The van der Waals surface area contributed by atoms with E-state index in [1.807, 2.05) is 13.8 Å². The molecule has 0 saturated heterocycles. The summed E-state index contributed by atoms with van der Waals surface area (Å²) in [6.45, 7) is 4.08. The molecule has 2 aromatic heterocycles. The molecule has 0 aliphatic heterocycles. The largest absolute Gasteiger partial charge is 0.352 e. The molecule has 2 aromatic rings. The van der Waals surface area contributed by atoms with Gasteiger partial charge in [0.1, 0.15) is 0 Å². The predicted molar refractivity (Wildman–Crippen MR) is 50.4 cm³/mol. The summed E-state index contributed by atoms with van der Waals surface area (Å²) in [6.07, 6.45) is 3.45. The minimum Gasteiger partial charge on any atom is -0.352 e. The molecule has 0 unspecified atom stereocenters. The molecule has 0 saturated carbocycles. The fourth-order valence-corrected chi connectivity index (χ4v) is 1.07. The average Bonchev–Trinajstić information content (AvgIpc) is 2.49. The highest BCUT2D eigenvalue weighted by molar-refractivity contribution is 5.73. The molecular weight excluding hydrogens is 166 g/mol. The van der Waals surface area contributed by atoms with Crippen LogP contribution >= 0.6 is 0 Å². The third kappa shape index (κ3) is 1.58. The van der Waals surface area contributed by atoms with E-state index in [1.54, 1.807) is 12.4 Å². The molecule has 68 valence electrons. The first-order valence-electron chi connectivity index (χ1n) is 4.18. The molecule has 0 aliphatic rings. The smallest absolute Gasteiger partial charge is 0.224 e. The van der Waals surface area contributed by atoms with Gasteiger partial charge in [0.25, 0.3) is 0 Å². The second-order valence-electron chi connectivity index (χ2n) is 3.17. The summed E-state index contributed by atoms with van der Waals surface area (Å²) in [7, 11) is 0. The van der Waals surface area contributed by atoms with E-state index in [2.05, 4.69) is 25.5 Å².